The Balaban J connectivity index is 2.02. The summed E-state index contributed by atoms with van der Waals surface area (Å²) >= 11 is 1.90. The molecule has 0 bridgehead atoms. The van der Waals surface area contributed by atoms with Gasteiger partial charge < -0.3 is 4.74 Å². The summed E-state index contributed by atoms with van der Waals surface area (Å²) in [5, 5.41) is 5.34. The van der Waals surface area contributed by atoms with Gasteiger partial charge >= 0.3 is 0 Å². The molecule has 0 atom stereocenters. The van der Waals surface area contributed by atoms with Gasteiger partial charge in [0.25, 0.3) is 0 Å². The molecular formula is C20H16OS. The smallest absolute Gasteiger partial charge is 0.118 e. The maximum atomic E-state index is 5.26. The van der Waals surface area contributed by atoms with E-state index in [9.17, 15) is 0 Å². The molecule has 0 N–H and O–H groups in total. The Bertz CT molecular complexity index is 955. The van der Waals surface area contributed by atoms with Crippen LogP contribution in [0.15, 0.2) is 60.7 Å². The third-order valence-electron chi connectivity index (χ3n) is 4.08. The fourth-order valence-electron chi connectivity index (χ4n) is 2.98. The van der Waals surface area contributed by atoms with Gasteiger partial charge in [0.05, 0.1) is 7.11 Å². The van der Waals surface area contributed by atoms with Crippen LogP contribution in [0.3, 0.4) is 0 Å². The molecule has 1 aliphatic heterocycles. The van der Waals surface area contributed by atoms with E-state index in [1.807, 2.05) is 23.9 Å². The van der Waals surface area contributed by atoms with Crippen molar-refractivity contribution in [3.05, 3.63) is 76.7 Å². The average Bonchev–Trinajstić information content (AvgIpc) is 2.61. The third kappa shape index (κ3) is 2.20. The van der Waals surface area contributed by atoms with Crippen molar-refractivity contribution in [3.8, 4) is 5.75 Å². The Morgan fingerprint density at radius 3 is 2.55 bits per heavy atom. The predicted molar refractivity (Wildman–Crippen MR) is 95.6 cm³/mol. The molecule has 22 heavy (non-hydrogen) atoms. The van der Waals surface area contributed by atoms with Crippen LogP contribution >= 0.6 is 11.8 Å². The second-order valence-electron chi connectivity index (χ2n) is 5.32. The lowest BCUT2D eigenvalue weighted by molar-refractivity contribution is 0.415. The van der Waals surface area contributed by atoms with E-state index in [-0.39, 0.29) is 0 Å². The summed E-state index contributed by atoms with van der Waals surface area (Å²) in [7, 11) is 1.70. The van der Waals surface area contributed by atoms with E-state index >= 15 is 0 Å². The highest BCUT2D eigenvalue weighted by Gasteiger charge is 2.09. The van der Waals surface area contributed by atoms with Crippen molar-refractivity contribution in [3.63, 3.8) is 0 Å². The zero-order valence-corrected chi connectivity index (χ0v) is 13.2. The van der Waals surface area contributed by atoms with Crippen molar-refractivity contribution >= 4 is 33.5 Å². The largest absolute Gasteiger partial charge is 0.497 e. The van der Waals surface area contributed by atoms with Gasteiger partial charge in [0.15, 0.2) is 0 Å². The molecule has 0 saturated carbocycles. The maximum absolute atomic E-state index is 5.26. The van der Waals surface area contributed by atoms with E-state index in [0.29, 0.717) is 0 Å². The zero-order chi connectivity index (χ0) is 14.9. The van der Waals surface area contributed by atoms with E-state index in [2.05, 4.69) is 54.6 Å². The minimum Gasteiger partial charge on any atom is -0.497 e. The topological polar surface area (TPSA) is 9.23 Å². The fourth-order valence-corrected chi connectivity index (χ4v) is 4.03. The quantitative estimate of drug-likeness (QED) is 0.716. The summed E-state index contributed by atoms with van der Waals surface area (Å²) in [6.07, 6.45) is 2.34. The zero-order valence-electron chi connectivity index (χ0n) is 12.4. The minimum atomic E-state index is 0.899. The maximum Gasteiger partial charge on any atom is 0.118 e. The molecule has 4 rings (SSSR count). The molecule has 1 heterocycles. The normalized spacial score (nSPS) is 13.6. The summed E-state index contributed by atoms with van der Waals surface area (Å²) in [5.74, 6) is 1.91. The number of fused-ring (bicyclic) bond motifs is 3. The minimum absolute atomic E-state index is 0.899. The van der Waals surface area contributed by atoms with Crippen LogP contribution in [0.1, 0.15) is 5.56 Å². The summed E-state index contributed by atoms with van der Waals surface area (Å²) in [5.41, 5.74) is 1.26. The number of hydrogen-bond acceptors (Lipinski definition) is 2. The van der Waals surface area contributed by atoms with Crippen LogP contribution in [0.4, 0.5) is 0 Å². The monoisotopic (exact) mass is 304 g/mol. The molecule has 0 aromatic heterocycles. The molecule has 3 aromatic rings. The predicted octanol–water partition coefficient (Wildman–Crippen LogP) is 3.53. The highest BCUT2D eigenvalue weighted by molar-refractivity contribution is 8.08. The number of benzene rings is 3. The SMILES string of the molecule is COc1ccc(C2=c3ccc4ccccc4c3=CCS2)cc1. The summed E-state index contributed by atoms with van der Waals surface area (Å²) in [4.78, 5) is 1.35. The van der Waals surface area contributed by atoms with Gasteiger partial charge in [-0.3, -0.25) is 0 Å². The third-order valence-corrected chi connectivity index (χ3v) is 5.16. The van der Waals surface area contributed by atoms with Crippen LogP contribution in [-0.2, 0) is 0 Å². The molecule has 0 spiro atoms. The summed E-state index contributed by atoms with van der Waals surface area (Å²) in [6, 6.07) is 21.4. The van der Waals surface area contributed by atoms with Crippen LogP contribution in [0.2, 0.25) is 0 Å². The number of rotatable bonds is 2. The van der Waals surface area contributed by atoms with Crippen molar-refractivity contribution in [2.75, 3.05) is 12.9 Å². The van der Waals surface area contributed by atoms with Crippen molar-refractivity contribution in [2.45, 2.75) is 0 Å². The van der Waals surface area contributed by atoms with Crippen LogP contribution in [0.25, 0.3) is 21.8 Å². The van der Waals surface area contributed by atoms with Crippen molar-refractivity contribution in [2.24, 2.45) is 0 Å². The average molecular weight is 304 g/mol. The second-order valence-corrected chi connectivity index (χ2v) is 6.35. The first-order valence-corrected chi connectivity index (χ1v) is 8.35. The molecule has 0 saturated heterocycles. The summed E-state index contributed by atoms with van der Waals surface area (Å²) in [6.45, 7) is 0. The Morgan fingerprint density at radius 1 is 0.909 bits per heavy atom. The fraction of sp³-hybridized carbons (Fsp3) is 0.100. The Morgan fingerprint density at radius 2 is 1.73 bits per heavy atom. The molecule has 0 fully saturated rings. The van der Waals surface area contributed by atoms with Gasteiger partial charge in [0.2, 0.25) is 0 Å². The molecule has 0 radical (unpaired) electrons. The van der Waals surface area contributed by atoms with Gasteiger partial charge in [-0.1, -0.05) is 54.6 Å². The Labute approximate surface area is 133 Å². The van der Waals surface area contributed by atoms with E-state index in [4.69, 9.17) is 4.74 Å². The Hall–Kier alpha value is -2.19. The molecule has 108 valence electrons. The van der Waals surface area contributed by atoms with Gasteiger partial charge in [-0.2, -0.15) is 0 Å². The summed E-state index contributed by atoms with van der Waals surface area (Å²) < 4.78 is 5.26. The molecule has 3 aromatic carbocycles. The van der Waals surface area contributed by atoms with Gasteiger partial charge in [-0.05, 0) is 38.9 Å². The van der Waals surface area contributed by atoms with Crippen LogP contribution < -0.4 is 15.2 Å². The number of thioether (sulfide) groups is 1. The molecule has 1 aliphatic rings. The number of methoxy groups -OCH3 is 1. The van der Waals surface area contributed by atoms with Crippen LogP contribution in [0.5, 0.6) is 5.75 Å². The highest BCUT2D eigenvalue weighted by Crippen LogP contribution is 2.27. The van der Waals surface area contributed by atoms with Gasteiger partial charge in [0.1, 0.15) is 5.75 Å². The highest BCUT2D eigenvalue weighted by atomic mass is 32.2. The number of ether oxygens (including phenoxy) is 1. The van der Waals surface area contributed by atoms with E-state index in [0.717, 1.165) is 11.5 Å². The Kier molecular flexibility index (Phi) is 3.39. The van der Waals surface area contributed by atoms with Crippen LogP contribution in [-0.4, -0.2) is 12.9 Å². The van der Waals surface area contributed by atoms with Crippen LogP contribution in [0, 0.1) is 0 Å². The molecule has 0 aliphatic carbocycles. The van der Waals surface area contributed by atoms with Crippen molar-refractivity contribution in [1.29, 1.82) is 0 Å². The lowest BCUT2D eigenvalue weighted by Crippen LogP contribution is -2.30. The molecule has 0 amide bonds. The van der Waals surface area contributed by atoms with E-state index in [1.54, 1.807) is 7.11 Å². The first kappa shape index (κ1) is 13.5. The molecular weight excluding hydrogens is 288 g/mol. The van der Waals surface area contributed by atoms with Gasteiger partial charge in [-0.25, -0.2) is 0 Å². The molecule has 0 unspecified atom stereocenters. The van der Waals surface area contributed by atoms with Crippen molar-refractivity contribution in [1.82, 2.24) is 0 Å². The van der Waals surface area contributed by atoms with E-state index in [1.165, 1.54) is 31.7 Å². The van der Waals surface area contributed by atoms with Crippen molar-refractivity contribution < 1.29 is 4.74 Å². The molecule has 2 heteroatoms. The number of hydrogen-bond donors (Lipinski definition) is 0. The lowest BCUT2D eigenvalue weighted by Gasteiger charge is -2.13. The standard InChI is InChI=1S/C20H16OS/c1-21-16-9-6-15(7-10-16)20-19-11-8-14-4-2-3-5-17(14)18(19)12-13-22-20/h2-12H,13H2,1H3. The van der Waals surface area contributed by atoms with Gasteiger partial charge in [0, 0.05) is 10.7 Å². The second kappa shape index (κ2) is 5.54. The lowest BCUT2D eigenvalue weighted by atomic mass is 10.0. The van der Waals surface area contributed by atoms with Gasteiger partial charge in [-0.15, -0.1) is 11.8 Å². The molecule has 1 nitrogen and oxygen atoms in total. The van der Waals surface area contributed by atoms with E-state index < -0.39 is 0 Å². The first-order valence-electron chi connectivity index (χ1n) is 7.36. The first-order chi connectivity index (χ1) is 10.9.